The number of carbonyl (C=O) groups is 1. The van der Waals surface area contributed by atoms with Gasteiger partial charge in [0.1, 0.15) is 5.75 Å². The monoisotopic (exact) mass is 303 g/mol. The summed E-state index contributed by atoms with van der Waals surface area (Å²) in [7, 11) is 1.61. The van der Waals surface area contributed by atoms with E-state index in [4.69, 9.17) is 4.74 Å². The molecule has 2 heterocycles. The van der Waals surface area contributed by atoms with E-state index >= 15 is 0 Å². The van der Waals surface area contributed by atoms with Crippen LogP contribution in [0.2, 0.25) is 0 Å². The van der Waals surface area contributed by atoms with Crippen molar-refractivity contribution in [2.45, 2.75) is 0 Å². The van der Waals surface area contributed by atoms with Crippen molar-refractivity contribution < 1.29 is 9.53 Å². The van der Waals surface area contributed by atoms with E-state index in [1.54, 1.807) is 24.5 Å². The van der Waals surface area contributed by atoms with Crippen LogP contribution in [0, 0.1) is 0 Å². The van der Waals surface area contributed by atoms with Gasteiger partial charge in [0.05, 0.1) is 7.11 Å². The van der Waals surface area contributed by atoms with Crippen LogP contribution in [0.4, 0.5) is 5.13 Å². The molecule has 0 spiro atoms. The fraction of sp³-hybridized carbons (Fsp3) is 0.333. The number of carbonyl (C=O) groups excluding carboxylic acids is 1. The van der Waals surface area contributed by atoms with Crippen molar-refractivity contribution in [2.75, 3.05) is 38.2 Å². The van der Waals surface area contributed by atoms with Gasteiger partial charge in [-0.25, -0.2) is 4.98 Å². The highest BCUT2D eigenvalue weighted by Gasteiger charge is 2.23. The number of benzene rings is 1. The van der Waals surface area contributed by atoms with Crippen LogP contribution in [0.3, 0.4) is 0 Å². The summed E-state index contributed by atoms with van der Waals surface area (Å²) in [5, 5.41) is 3.01. The van der Waals surface area contributed by atoms with E-state index < -0.39 is 0 Å². The molecule has 1 aromatic heterocycles. The maximum absolute atomic E-state index is 12.5. The van der Waals surface area contributed by atoms with Gasteiger partial charge in [-0.2, -0.15) is 0 Å². The summed E-state index contributed by atoms with van der Waals surface area (Å²) in [6.07, 6.45) is 1.81. The van der Waals surface area contributed by atoms with Crippen molar-refractivity contribution >= 4 is 22.4 Å². The minimum absolute atomic E-state index is 0.0627. The molecular formula is C15H17N3O2S. The number of ether oxygens (including phenoxy) is 1. The quantitative estimate of drug-likeness (QED) is 0.871. The molecule has 1 fully saturated rings. The number of piperazine rings is 1. The SMILES string of the molecule is COc1cccc(C(=O)N2CCN(c3nccs3)CC2)c1. The lowest BCUT2D eigenvalue weighted by Crippen LogP contribution is -2.48. The topological polar surface area (TPSA) is 45.7 Å². The molecule has 1 amide bonds. The van der Waals surface area contributed by atoms with Crippen LogP contribution in [0.5, 0.6) is 5.75 Å². The molecule has 5 nitrogen and oxygen atoms in total. The largest absolute Gasteiger partial charge is 0.497 e. The Kier molecular flexibility index (Phi) is 4.06. The first-order valence-electron chi connectivity index (χ1n) is 6.85. The molecule has 110 valence electrons. The second-order valence-corrected chi connectivity index (χ2v) is 5.70. The van der Waals surface area contributed by atoms with Gasteiger partial charge in [0.15, 0.2) is 5.13 Å². The third kappa shape index (κ3) is 3.00. The maximum atomic E-state index is 12.5. The molecule has 0 unspecified atom stereocenters. The third-order valence-electron chi connectivity index (χ3n) is 3.57. The average Bonchev–Trinajstić information content (AvgIpc) is 3.09. The number of aromatic nitrogens is 1. The number of hydrogen-bond donors (Lipinski definition) is 0. The molecule has 0 radical (unpaired) electrons. The zero-order valence-corrected chi connectivity index (χ0v) is 12.7. The highest BCUT2D eigenvalue weighted by molar-refractivity contribution is 7.13. The van der Waals surface area contributed by atoms with Gasteiger partial charge in [0.25, 0.3) is 5.91 Å². The van der Waals surface area contributed by atoms with Crippen LogP contribution >= 0.6 is 11.3 Å². The molecule has 0 N–H and O–H groups in total. The Morgan fingerprint density at radius 3 is 2.76 bits per heavy atom. The first-order chi connectivity index (χ1) is 10.3. The molecule has 1 aliphatic heterocycles. The van der Waals surface area contributed by atoms with Crippen LogP contribution in [0.25, 0.3) is 0 Å². The molecule has 0 bridgehead atoms. The van der Waals surface area contributed by atoms with Gasteiger partial charge in [-0.05, 0) is 18.2 Å². The molecule has 1 saturated heterocycles. The van der Waals surface area contributed by atoms with E-state index in [2.05, 4.69) is 9.88 Å². The van der Waals surface area contributed by atoms with Crippen LogP contribution in [-0.4, -0.2) is 49.1 Å². The first-order valence-corrected chi connectivity index (χ1v) is 7.73. The fourth-order valence-electron chi connectivity index (χ4n) is 2.41. The van der Waals surface area contributed by atoms with Crippen molar-refractivity contribution in [1.82, 2.24) is 9.88 Å². The second-order valence-electron chi connectivity index (χ2n) is 4.83. The smallest absolute Gasteiger partial charge is 0.254 e. The van der Waals surface area contributed by atoms with Gasteiger partial charge >= 0.3 is 0 Å². The lowest BCUT2D eigenvalue weighted by molar-refractivity contribution is 0.0746. The zero-order chi connectivity index (χ0) is 14.7. The maximum Gasteiger partial charge on any atom is 0.254 e. The number of nitrogens with zero attached hydrogens (tertiary/aromatic N) is 3. The molecule has 2 aromatic rings. The number of anilines is 1. The fourth-order valence-corrected chi connectivity index (χ4v) is 3.11. The van der Waals surface area contributed by atoms with Gasteiger partial charge < -0.3 is 14.5 Å². The lowest BCUT2D eigenvalue weighted by Gasteiger charge is -2.34. The summed E-state index contributed by atoms with van der Waals surface area (Å²) in [6, 6.07) is 7.31. The minimum atomic E-state index is 0.0627. The molecule has 6 heteroatoms. The van der Waals surface area contributed by atoms with E-state index in [1.165, 1.54) is 0 Å². The predicted molar refractivity (Wildman–Crippen MR) is 83.2 cm³/mol. The molecule has 3 rings (SSSR count). The van der Waals surface area contributed by atoms with Crippen LogP contribution in [0.1, 0.15) is 10.4 Å². The van der Waals surface area contributed by atoms with Crippen molar-refractivity contribution in [2.24, 2.45) is 0 Å². The summed E-state index contributed by atoms with van der Waals surface area (Å²) in [6.45, 7) is 3.08. The average molecular weight is 303 g/mol. The molecular weight excluding hydrogens is 286 g/mol. The Balaban J connectivity index is 1.64. The molecule has 1 aromatic carbocycles. The first kappa shape index (κ1) is 13.9. The van der Waals surface area contributed by atoms with E-state index in [0.29, 0.717) is 11.3 Å². The predicted octanol–water partition coefficient (Wildman–Crippen LogP) is 2.11. The lowest BCUT2D eigenvalue weighted by atomic mass is 10.1. The van der Waals surface area contributed by atoms with Gasteiger partial charge in [-0.1, -0.05) is 6.07 Å². The van der Waals surface area contributed by atoms with Gasteiger partial charge in [0, 0.05) is 43.3 Å². The Labute approximate surface area is 127 Å². The molecule has 0 saturated carbocycles. The molecule has 1 aliphatic rings. The Morgan fingerprint density at radius 1 is 1.29 bits per heavy atom. The summed E-state index contributed by atoms with van der Waals surface area (Å²) in [5.74, 6) is 0.773. The second kappa shape index (κ2) is 6.13. The molecule has 21 heavy (non-hydrogen) atoms. The van der Waals surface area contributed by atoms with Gasteiger partial charge in [0.2, 0.25) is 0 Å². The van der Waals surface area contributed by atoms with E-state index in [9.17, 15) is 4.79 Å². The molecule has 0 aliphatic carbocycles. The Morgan fingerprint density at radius 2 is 2.10 bits per heavy atom. The van der Waals surface area contributed by atoms with Crippen LogP contribution in [0.15, 0.2) is 35.8 Å². The summed E-state index contributed by atoms with van der Waals surface area (Å²) in [4.78, 5) is 20.9. The third-order valence-corrected chi connectivity index (χ3v) is 4.41. The molecule has 0 atom stereocenters. The summed E-state index contributed by atoms with van der Waals surface area (Å²) in [5.41, 5.74) is 0.678. The van der Waals surface area contributed by atoms with E-state index in [-0.39, 0.29) is 5.91 Å². The number of rotatable bonds is 3. The summed E-state index contributed by atoms with van der Waals surface area (Å²) < 4.78 is 5.17. The standard InChI is InChI=1S/C15H17N3O2S/c1-20-13-4-2-3-12(11-13)14(19)17-6-8-18(9-7-17)15-16-5-10-21-15/h2-5,10-11H,6-9H2,1H3. The van der Waals surface area contributed by atoms with Crippen molar-refractivity contribution in [3.8, 4) is 5.75 Å². The Hall–Kier alpha value is -2.08. The van der Waals surface area contributed by atoms with Crippen molar-refractivity contribution in [3.05, 3.63) is 41.4 Å². The number of thiazole rings is 1. The van der Waals surface area contributed by atoms with E-state index in [0.717, 1.165) is 31.3 Å². The van der Waals surface area contributed by atoms with Crippen molar-refractivity contribution in [3.63, 3.8) is 0 Å². The Bertz CT molecular complexity index is 607. The normalized spacial score (nSPS) is 15.1. The highest BCUT2D eigenvalue weighted by Crippen LogP contribution is 2.20. The number of methoxy groups -OCH3 is 1. The van der Waals surface area contributed by atoms with E-state index in [1.807, 2.05) is 34.7 Å². The number of hydrogen-bond acceptors (Lipinski definition) is 5. The number of amides is 1. The van der Waals surface area contributed by atoms with Crippen LogP contribution < -0.4 is 9.64 Å². The van der Waals surface area contributed by atoms with Crippen LogP contribution in [-0.2, 0) is 0 Å². The zero-order valence-electron chi connectivity index (χ0n) is 11.9. The van der Waals surface area contributed by atoms with Gasteiger partial charge in [-0.3, -0.25) is 4.79 Å². The van der Waals surface area contributed by atoms with Crippen molar-refractivity contribution in [1.29, 1.82) is 0 Å². The summed E-state index contributed by atoms with van der Waals surface area (Å²) >= 11 is 1.64. The minimum Gasteiger partial charge on any atom is -0.497 e. The highest BCUT2D eigenvalue weighted by atomic mass is 32.1. The van der Waals surface area contributed by atoms with Gasteiger partial charge in [-0.15, -0.1) is 11.3 Å².